The minimum absolute atomic E-state index is 0.301. The van der Waals surface area contributed by atoms with Crippen LogP contribution in [-0.4, -0.2) is 10.2 Å². The molecule has 0 aliphatic rings. The Morgan fingerprint density at radius 1 is 1.06 bits per heavy atom. The van der Waals surface area contributed by atoms with Gasteiger partial charge in [-0.2, -0.15) is 0 Å². The lowest BCUT2D eigenvalue weighted by Crippen LogP contribution is -1.97. The maximum absolute atomic E-state index is 5.94. The summed E-state index contributed by atoms with van der Waals surface area (Å²) in [5.74, 6) is 0. The van der Waals surface area contributed by atoms with Crippen molar-refractivity contribution in [3.63, 3.8) is 0 Å². The summed E-state index contributed by atoms with van der Waals surface area (Å²) in [5.41, 5.74) is 4.01. The Kier molecular flexibility index (Phi) is 3.50. The van der Waals surface area contributed by atoms with E-state index < -0.39 is 0 Å². The summed E-state index contributed by atoms with van der Waals surface area (Å²) in [6, 6.07) is 7.67. The highest BCUT2D eigenvalue weighted by molar-refractivity contribution is 6.33. The van der Waals surface area contributed by atoms with Crippen LogP contribution >= 0.6 is 23.2 Å². The second-order valence-corrected chi connectivity index (χ2v) is 4.49. The summed E-state index contributed by atoms with van der Waals surface area (Å²) in [6.45, 7) is 4.10. The molecule has 17 heavy (non-hydrogen) atoms. The highest BCUT2D eigenvalue weighted by Gasteiger charge is 2.06. The van der Waals surface area contributed by atoms with Gasteiger partial charge in [0.1, 0.15) is 0 Å². The lowest BCUT2D eigenvalue weighted by atomic mass is 10.1. The second-order valence-electron chi connectivity index (χ2n) is 3.74. The molecule has 0 saturated carbocycles. The van der Waals surface area contributed by atoms with Crippen LogP contribution in [0, 0.1) is 13.8 Å². The standard InChI is InChI=1S/C12H11Cl2N3/c1-7-4-3-5-9(8(7)2)15-10-6-11(13)16-17-12(10)14/h3-6H,1-2H3,(H,15,16). The number of aryl methyl sites for hydroxylation is 1. The predicted molar refractivity (Wildman–Crippen MR) is 71.3 cm³/mol. The molecule has 3 nitrogen and oxygen atoms in total. The number of rotatable bonds is 2. The van der Waals surface area contributed by atoms with Crippen molar-refractivity contribution in [1.29, 1.82) is 0 Å². The molecule has 88 valence electrons. The monoisotopic (exact) mass is 267 g/mol. The van der Waals surface area contributed by atoms with Crippen molar-refractivity contribution in [1.82, 2.24) is 10.2 Å². The van der Waals surface area contributed by atoms with Crippen LogP contribution in [0.5, 0.6) is 0 Å². The molecule has 0 bridgehead atoms. The first-order chi connectivity index (χ1) is 8.08. The van der Waals surface area contributed by atoms with Crippen LogP contribution in [0.2, 0.25) is 10.3 Å². The molecule has 1 heterocycles. The van der Waals surface area contributed by atoms with Crippen molar-refractivity contribution in [2.45, 2.75) is 13.8 Å². The lowest BCUT2D eigenvalue weighted by Gasteiger charge is -2.11. The van der Waals surface area contributed by atoms with E-state index in [1.807, 2.05) is 19.1 Å². The highest BCUT2D eigenvalue weighted by atomic mass is 35.5. The van der Waals surface area contributed by atoms with Gasteiger partial charge in [-0.05, 0) is 31.0 Å². The van der Waals surface area contributed by atoms with Gasteiger partial charge in [0.05, 0.1) is 5.69 Å². The third-order valence-corrected chi connectivity index (χ3v) is 3.06. The molecule has 0 spiro atoms. The van der Waals surface area contributed by atoms with E-state index in [0.717, 1.165) is 11.3 Å². The summed E-state index contributed by atoms with van der Waals surface area (Å²) in [7, 11) is 0. The van der Waals surface area contributed by atoms with Crippen LogP contribution in [0.3, 0.4) is 0 Å². The number of halogens is 2. The minimum Gasteiger partial charge on any atom is -0.353 e. The van der Waals surface area contributed by atoms with E-state index in [1.165, 1.54) is 5.56 Å². The summed E-state index contributed by atoms with van der Waals surface area (Å²) in [6.07, 6.45) is 0. The fourth-order valence-electron chi connectivity index (χ4n) is 1.47. The molecule has 1 N–H and O–H groups in total. The number of anilines is 2. The molecule has 0 saturated heterocycles. The summed E-state index contributed by atoms with van der Waals surface area (Å²) in [5, 5.41) is 11.2. The van der Waals surface area contributed by atoms with Crippen LogP contribution in [0.25, 0.3) is 0 Å². The number of benzene rings is 1. The molecule has 0 amide bonds. The Morgan fingerprint density at radius 2 is 1.82 bits per heavy atom. The number of hydrogen-bond donors (Lipinski definition) is 1. The van der Waals surface area contributed by atoms with Crippen LogP contribution in [-0.2, 0) is 0 Å². The van der Waals surface area contributed by atoms with Gasteiger partial charge in [0.15, 0.2) is 10.3 Å². The molecule has 0 aliphatic carbocycles. The fourth-order valence-corrected chi connectivity index (χ4v) is 1.76. The van der Waals surface area contributed by atoms with E-state index in [4.69, 9.17) is 23.2 Å². The highest BCUT2D eigenvalue weighted by Crippen LogP contribution is 2.27. The average molecular weight is 268 g/mol. The third kappa shape index (κ3) is 2.68. The number of hydrogen-bond acceptors (Lipinski definition) is 3. The van der Waals surface area contributed by atoms with Crippen LogP contribution in [0.4, 0.5) is 11.4 Å². The van der Waals surface area contributed by atoms with Gasteiger partial charge in [-0.25, -0.2) is 0 Å². The smallest absolute Gasteiger partial charge is 0.175 e. The molecular formula is C12H11Cl2N3. The van der Waals surface area contributed by atoms with Crippen molar-refractivity contribution in [2.75, 3.05) is 5.32 Å². The van der Waals surface area contributed by atoms with Gasteiger partial charge in [0, 0.05) is 11.8 Å². The van der Waals surface area contributed by atoms with Crippen molar-refractivity contribution in [3.05, 3.63) is 45.7 Å². The maximum atomic E-state index is 5.94. The Hall–Kier alpha value is -1.32. The van der Waals surface area contributed by atoms with Gasteiger partial charge in [0.25, 0.3) is 0 Å². The first kappa shape index (κ1) is 12.1. The molecule has 2 aromatic rings. The quantitative estimate of drug-likeness (QED) is 0.889. The molecule has 0 unspecified atom stereocenters. The van der Waals surface area contributed by atoms with Gasteiger partial charge >= 0.3 is 0 Å². The zero-order valence-electron chi connectivity index (χ0n) is 9.46. The Bertz CT molecular complexity index is 555. The summed E-state index contributed by atoms with van der Waals surface area (Å²) >= 11 is 11.7. The van der Waals surface area contributed by atoms with Crippen molar-refractivity contribution in [3.8, 4) is 0 Å². The first-order valence-corrected chi connectivity index (χ1v) is 5.85. The zero-order valence-corrected chi connectivity index (χ0v) is 11.0. The van der Waals surface area contributed by atoms with Crippen molar-refractivity contribution >= 4 is 34.6 Å². The Morgan fingerprint density at radius 3 is 2.59 bits per heavy atom. The van der Waals surface area contributed by atoms with Gasteiger partial charge < -0.3 is 5.32 Å². The van der Waals surface area contributed by atoms with Crippen LogP contribution in [0.1, 0.15) is 11.1 Å². The molecule has 5 heteroatoms. The second kappa shape index (κ2) is 4.90. The van der Waals surface area contributed by atoms with Gasteiger partial charge in [-0.1, -0.05) is 35.3 Å². The number of nitrogens with one attached hydrogen (secondary N) is 1. The van der Waals surface area contributed by atoms with E-state index in [0.29, 0.717) is 16.0 Å². The molecule has 2 rings (SSSR count). The van der Waals surface area contributed by atoms with Crippen LogP contribution in [0.15, 0.2) is 24.3 Å². The van der Waals surface area contributed by atoms with E-state index in [1.54, 1.807) is 6.07 Å². The molecule has 0 aliphatic heterocycles. The Labute approximate surface area is 110 Å². The van der Waals surface area contributed by atoms with Crippen molar-refractivity contribution in [2.24, 2.45) is 0 Å². The van der Waals surface area contributed by atoms with E-state index >= 15 is 0 Å². The van der Waals surface area contributed by atoms with Crippen LogP contribution < -0.4 is 5.32 Å². The molecular weight excluding hydrogens is 257 g/mol. The third-order valence-electron chi connectivity index (χ3n) is 2.59. The van der Waals surface area contributed by atoms with E-state index in [9.17, 15) is 0 Å². The van der Waals surface area contributed by atoms with E-state index in [2.05, 4.69) is 28.5 Å². The van der Waals surface area contributed by atoms with Gasteiger partial charge in [-0.15, -0.1) is 10.2 Å². The molecule has 0 atom stereocenters. The molecule has 1 aromatic carbocycles. The van der Waals surface area contributed by atoms with Gasteiger partial charge in [-0.3, -0.25) is 0 Å². The van der Waals surface area contributed by atoms with Crippen molar-refractivity contribution < 1.29 is 0 Å². The normalized spacial score (nSPS) is 10.4. The SMILES string of the molecule is Cc1cccc(Nc2cc(Cl)nnc2Cl)c1C. The van der Waals surface area contributed by atoms with Gasteiger partial charge in [0.2, 0.25) is 0 Å². The Balaban J connectivity index is 2.38. The zero-order chi connectivity index (χ0) is 12.4. The largest absolute Gasteiger partial charge is 0.353 e. The average Bonchev–Trinajstić information content (AvgIpc) is 2.30. The maximum Gasteiger partial charge on any atom is 0.175 e. The first-order valence-electron chi connectivity index (χ1n) is 5.10. The molecule has 1 aromatic heterocycles. The predicted octanol–water partition coefficient (Wildman–Crippen LogP) is 4.14. The number of aromatic nitrogens is 2. The lowest BCUT2D eigenvalue weighted by molar-refractivity contribution is 1.03. The minimum atomic E-state index is 0.301. The summed E-state index contributed by atoms with van der Waals surface area (Å²) in [4.78, 5) is 0. The number of nitrogens with zero attached hydrogens (tertiary/aromatic N) is 2. The fraction of sp³-hybridized carbons (Fsp3) is 0.167. The molecule has 0 radical (unpaired) electrons. The topological polar surface area (TPSA) is 37.8 Å². The van der Waals surface area contributed by atoms with E-state index in [-0.39, 0.29) is 0 Å². The molecule has 0 fully saturated rings. The summed E-state index contributed by atoms with van der Waals surface area (Å²) < 4.78 is 0.